The van der Waals surface area contributed by atoms with E-state index in [4.69, 9.17) is 16.3 Å². The van der Waals surface area contributed by atoms with Crippen molar-refractivity contribution in [2.45, 2.75) is 26.3 Å². The van der Waals surface area contributed by atoms with E-state index in [0.717, 1.165) is 11.1 Å². The van der Waals surface area contributed by atoms with Crippen LogP contribution in [0.1, 0.15) is 32.0 Å². The van der Waals surface area contributed by atoms with Gasteiger partial charge in [-0.1, -0.05) is 30.7 Å². The molecular weight excluding hydrogens is 392 g/mol. The molecule has 0 unspecified atom stereocenters. The highest BCUT2D eigenvalue weighted by molar-refractivity contribution is 6.36. The third kappa shape index (κ3) is 3.84. The van der Waals surface area contributed by atoms with Crippen LogP contribution in [0.3, 0.4) is 0 Å². The summed E-state index contributed by atoms with van der Waals surface area (Å²) in [6.07, 6.45) is 3.43. The quantitative estimate of drug-likeness (QED) is 0.472. The van der Waals surface area contributed by atoms with E-state index in [9.17, 15) is 4.79 Å². The third-order valence-corrected chi connectivity index (χ3v) is 4.89. The molecule has 4 rings (SSSR count). The molecule has 0 radical (unpaired) electrons. The molecule has 9 heteroatoms. The summed E-state index contributed by atoms with van der Waals surface area (Å²) in [5.74, 6) is 0.954. The number of hydrogen-bond donors (Lipinski definition) is 2. The summed E-state index contributed by atoms with van der Waals surface area (Å²) < 4.78 is 5.74. The number of nitrogens with one attached hydrogen (secondary N) is 2. The van der Waals surface area contributed by atoms with Gasteiger partial charge in [0, 0.05) is 6.42 Å². The van der Waals surface area contributed by atoms with Gasteiger partial charge in [0.2, 0.25) is 5.88 Å². The van der Waals surface area contributed by atoms with Crippen molar-refractivity contribution in [3.63, 3.8) is 0 Å². The average molecular weight is 411 g/mol. The lowest BCUT2D eigenvalue weighted by Gasteiger charge is -2.17. The van der Waals surface area contributed by atoms with E-state index in [0.29, 0.717) is 39.7 Å². The molecule has 0 saturated carbocycles. The molecule has 3 heterocycles. The van der Waals surface area contributed by atoms with E-state index in [1.54, 1.807) is 19.3 Å². The van der Waals surface area contributed by atoms with E-state index in [2.05, 4.69) is 30.2 Å². The fourth-order valence-corrected chi connectivity index (χ4v) is 3.24. The summed E-state index contributed by atoms with van der Waals surface area (Å²) >= 11 is 6.38. The second-order valence-corrected chi connectivity index (χ2v) is 6.97. The monoisotopic (exact) mass is 410 g/mol. The minimum atomic E-state index is -0.205. The molecule has 0 saturated heterocycles. The summed E-state index contributed by atoms with van der Waals surface area (Å²) in [6.45, 7) is 3.71. The highest BCUT2D eigenvalue weighted by atomic mass is 35.5. The van der Waals surface area contributed by atoms with Crippen LogP contribution < -0.4 is 10.1 Å². The first-order chi connectivity index (χ1) is 14.1. The van der Waals surface area contributed by atoms with Crippen LogP contribution in [0.15, 0.2) is 36.9 Å². The maximum atomic E-state index is 11.7. The molecule has 3 aromatic heterocycles. The molecule has 0 spiro atoms. The molecule has 0 aliphatic rings. The van der Waals surface area contributed by atoms with Gasteiger partial charge < -0.3 is 15.0 Å². The van der Waals surface area contributed by atoms with Gasteiger partial charge in [-0.2, -0.15) is 0 Å². The number of imidazole rings is 1. The smallest absolute Gasteiger partial charge is 0.223 e. The normalized spacial score (nSPS) is 12.2. The van der Waals surface area contributed by atoms with E-state index in [1.165, 1.54) is 6.33 Å². The lowest BCUT2D eigenvalue weighted by molar-refractivity contribution is -0.120. The summed E-state index contributed by atoms with van der Waals surface area (Å²) in [5.41, 5.74) is 2.02. The number of Topliss-reactive ketones (excluding diaryl/α,β-unsaturated/α-hetero) is 1. The Kier molecular flexibility index (Phi) is 5.26. The Hall–Kier alpha value is -3.26. The Morgan fingerprint density at radius 1 is 1.31 bits per heavy atom. The van der Waals surface area contributed by atoms with Crippen LogP contribution in [0.2, 0.25) is 5.02 Å². The Bertz CT molecular complexity index is 1190. The number of halogens is 1. The van der Waals surface area contributed by atoms with Gasteiger partial charge in [0.25, 0.3) is 0 Å². The van der Waals surface area contributed by atoms with Crippen LogP contribution in [0.25, 0.3) is 21.9 Å². The minimum absolute atomic E-state index is 0.00815. The van der Waals surface area contributed by atoms with Crippen molar-refractivity contribution in [1.29, 1.82) is 0 Å². The number of hydrogen-bond acceptors (Lipinski definition) is 7. The molecule has 8 nitrogen and oxygen atoms in total. The van der Waals surface area contributed by atoms with Gasteiger partial charge in [0.15, 0.2) is 17.2 Å². The number of ether oxygens (including phenoxy) is 1. The number of benzene rings is 1. The Balaban J connectivity index is 1.71. The van der Waals surface area contributed by atoms with Crippen LogP contribution in [-0.2, 0) is 4.79 Å². The van der Waals surface area contributed by atoms with Crippen molar-refractivity contribution in [3.05, 3.63) is 47.6 Å². The van der Waals surface area contributed by atoms with Crippen LogP contribution in [-0.4, -0.2) is 37.3 Å². The number of fused-ring (bicyclic) bond motifs is 2. The largest absolute Gasteiger partial charge is 0.469 e. The number of H-pyrrole nitrogens is 1. The summed E-state index contributed by atoms with van der Waals surface area (Å²) in [4.78, 5) is 32.0. The van der Waals surface area contributed by atoms with Gasteiger partial charge in [-0.05, 0) is 24.4 Å². The van der Waals surface area contributed by atoms with Crippen LogP contribution in [0.4, 0.5) is 5.82 Å². The van der Waals surface area contributed by atoms with Crippen molar-refractivity contribution in [3.8, 4) is 5.88 Å². The van der Waals surface area contributed by atoms with E-state index >= 15 is 0 Å². The van der Waals surface area contributed by atoms with Gasteiger partial charge in [-0.15, -0.1) is 0 Å². The zero-order valence-electron chi connectivity index (χ0n) is 15.9. The molecular formula is C20H19ClN6O2. The van der Waals surface area contributed by atoms with Crippen LogP contribution in [0.5, 0.6) is 5.88 Å². The number of carbonyl (C=O) groups excluding carboxylic acids is 1. The minimum Gasteiger partial charge on any atom is -0.469 e. The number of aromatic amines is 1. The molecule has 0 bridgehead atoms. The molecule has 0 amide bonds. The first kappa shape index (κ1) is 19.1. The van der Waals surface area contributed by atoms with Gasteiger partial charge in [0.05, 0.1) is 28.5 Å². The van der Waals surface area contributed by atoms with Crippen molar-refractivity contribution in [1.82, 2.24) is 24.9 Å². The van der Waals surface area contributed by atoms with E-state index < -0.39 is 0 Å². The standard InChI is InChI=1S/C20H19ClN6O2/c1-3-13(28)8-29-20-16-12(5-4-6-14(16)21)7-15(27-20)11(2)26-19-17-18(23-9-22-17)24-10-25-19/h4-7,9-11H,3,8H2,1-2H3,(H2,22,23,24,25,26)/t11-/m0/s1. The summed E-state index contributed by atoms with van der Waals surface area (Å²) in [7, 11) is 0. The van der Waals surface area contributed by atoms with Crippen LogP contribution >= 0.6 is 11.6 Å². The highest BCUT2D eigenvalue weighted by Gasteiger charge is 2.17. The third-order valence-electron chi connectivity index (χ3n) is 4.58. The van der Waals surface area contributed by atoms with Gasteiger partial charge in [-0.3, -0.25) is 4.79 Å². The van der Waals surface area contributed by atoms with E-state index in [1.807, 2.05) is 25.1 Å². The first-order valence-electron chi connectivity index (χ1n) is 9.21. The molecule has 148 valence electrons. The summed E-state index contributed by atoms with van der Waals surface area (Å²) in [5, 5.41) is 5.42. The van der Waals surface area contributed by atoms with Crippen molar-refractivity contribution in [2.24, 2.45) is 0 Å². The lowest BCUT2D eigenvalue weighted by Crippen LogP contribution is -2.14. The molecule has 0 aliphatic heterocycles. The fraction of sp³-hybridized carbons (Fsp3) is 0.250. The van der Waals surface area contributed by atoms with Crippen molar-refractivity contribution < 1.29 is 9.53 Å². The first-order valence-corrected chi connectivity index (χ1v) is 9.59. The zero-order valence-corrected chi connectivity index (χ0v) is 16.7. The predicted molar refractivity (Wildman–Crippen MR) is 111 cm³/mol. The number of rotatable bonds is 7. The fourth-order valence-electron chi connectivity index (χ4n) is 2.98. The van der Waals surface area contributed by atoms with Gasteiger partial charge in [0.1, 0.15) is 18.5 Å². The Morgan fingerprint density at radius 2 is 2.17 bits per heavy atom. The number of anilines is 1. The molecule has 2 N–H and O–H groups in total. The second kappa shape index (κ2) is 8.00. The Labute approximate surface area is 171 Å². The molecule has 4 aromatic rings. The van der Waals surface area contributed by atoms with Gasteiger partial charge in [-0.25, -0.2) is 19.9 Å². The van der Waals surface area contributed by atoms with Crippen LogP contribution in [0, 0.1) is 0 Å². The number of aromatic nitrogens is 5. The Morgan fingerprint density at radius 3 is 3.00 bits per heavy atom. The van der Waals surface area contributed by atoms with Crippen molar-refractivity contribution in [2.75, 3.05) is 11.9 Å². The number of pyridine rings is 1. The molecule has 29 heavy (non-hydrogen) atoms. The average Bonchev–Trinajstić information content (AvgIpc) is 3.21. The number of carbonyl (C=O) groups is 1. The zero-order chi connectivity index (χ0) is 20.4. The maximum Gasteiger partial charge on any atom is 0.223 e. The predicted octanol–water partition coefficient (Wildman–Crippen LogP) is 4.09. The highest BCUT2D eigenvalue weighted by Crippen LogP contribution is 2.33. The number of nitrogens with zero attached hydrogens (tertiary/aromatic N) is 4. The summed E-state index contributed by atoms with van der Waals surface area (Å²) in [6, 6.07) is 7.32. The lowest BCUT2D eigenvalue weighted by atomic mass is 10.1. The topological polar surface area (TPSA) is 106 Å². The molecule has 1 aromatic carbocycles. The maximum absolute atomic E-state index is 11.7. The molecule has 0 fully saturated rings. The molecule has 1 atom stereocenters. The molecule has 0 aliphatic carbocycles. The second-order valence-electron chi connectivity index (χ2n) is 6.56. The van der Waals surface area contributed by atoms with E-state index in [-0.39, 0.29) is 18.4 Å². The van der Waals surface area contributed by atoms with Crippen molar-refractivity contribution >= 4 is 45.1 Å². The number of ketones is 1. The van der Waals surface area contributed by atoms with Gasteiger partial charge >= 0.3 is 0 Å². The SMILES string of the molecule is CCC(=O)COc1nc([C@H](C)Nc2ncnc3nc[nH]c23)cc2cccc(Cl)c12.